The maximum absolute atomic E-state index is 6.04. The number of rotatable bonds is 3. The second-order valence-corrected chi connectivity index (χ2v) is 4.94. The fraction of sp³-hybridized carbons (Fsp3) is 1.00. The van der Waals surface area contributed by atoms with E-state index in [-0.39, 0.29) is 18.5 Å². The van der Waals surface area contributed by atoms with E-state index in [0.29, 0.717) is 6.10 Å². The van der Waals surface area contributed by atoms with Gasteiger partial charge in [-0.15, -0.1) is 0 Å². The molecule has 0 aromatic heterocycles. The highest BCUT2D eigenvalue weighted by atomic mass is 16.7. The van der Waals surface area contributed by atoms with Crippen LogP contribution in [0.3, 0.4) is 0 Å². The average molecular weight is 228 g/mol. The maximum Gasteiger partial charge on any atom is 0.158 e. The molecule has 0 bridgehead atoms. The molecule has 0 spiro atoms. The molecule has 0 N–H and O–H groups in total. The second-order valence-electron chi connectivity index (χ2n) is 4.94. The molecule has 3 unspecified atom stereocenters. The Balaban J connectivity index is 1.82. The van der Waals surface area contributed by atoms with E-state index in [0.717, 1.165) is 32.3 Å². The van der Waals surface area contributed by atoms with Crippen molar-refractivity contribution in [3.63, 3.8) is 0 Å². The lowest BCUT2D eigenvalue weighted by Crippen LogP contribution is -2.42. The summed E-state index contributed by atoms with van der Waals surface area (Å²) in [6, 6.07) is 0. The zero-order chi connectivity index (χ0) is 11.4. The molecule has 0 radical (unpaired) electrons. The Hall–Kier alpha value is -0.120. The maximum atomic E-state index is 6.04. The standard InChI is InChI=1S/C13H24O3/c1-3-11-12(8-7-10(2)15-11)16-13-6-4-5-9-14-13/h10-13H,3-9H2,1-2H3/t10-,11?,12?,13?/m1/s1. The molecule has 0 aromatic carbocycles. The highest BCUT2D eigenvalue weighted by Gasteiger charge is 2.31. The first-order valence-corrected chi connectivity index (χ1v) is 6.72. The van der Waals surface area contributed by atoms with Crippen LogP contribution in [-0.2, 0) is 14.2 Å². The summed E-state index contributed by atoms with van der Waals surface area (Å²) in [5.74, 6) is 0. The lowest BCUT2D eigenvalue weighted by atomic mass is 9.99. The highest BCUT2D eigenvalue weighted by Crippen LogP contribution is 2.27. The number of ether oxygens (including phenoxy) is 3. The molecule has 0 saturated carbocycles. The Bertz CT molecular complexity index is 201. The van der Waals surface area contributed by atoms with E-state index in [1.165, 1.54) is 12.8 Å². The summed E-state index contributed by atoms with van der Waals surface area (Å²) in [6.45, 7) is 5.17. The Morgan fingerprint density at radius 3 is 2.75 bits per heavy atom. The first-order valence-electron chi connectivity index (χ1n) is 6.72. The first-order chi connectivity index (χ1) is 7.79. The van der Waals surface area contributed by atoms with E-state index < -0.39 is 0 Å². The summed E-state index contributed by atoms with van der Waals surface area (Å²) >= 11 is 0. The van der Waals surface area contributed by atoms with Crippen LogP contribution < -0.4 is 0 Å². The minimum absolute atomic E-state index is 0.0183. The fourth-order valence-electron chi connectivity index (χ4n) is 2.57. The minimum Gasteiger partial charge on any atom is -0.373 e. The summed E-state index contributed by atoms with van der Waals surface area (Å²) in [6.07, 6.45) is 7.60. The van der Waals surface area contributed by atoms with Gasteiger partial charge in [-0.05, 0) is 45.4 Å². The first kappa shape index (κ1) is 12.3. The van der Waals surface area contributed by atoms with E-state index in [9.17, 15) is 0 Å². The molecule has 16 heavy (non-hydrogen) atoms. The van der Waals surface area contributed by atoms with Crippen molar-refractivity contribution in [2.75, 3.05) is 6.61 Å². The summed E-state index contributed by atoms with van der Waals surface area (Å²) in [5.41, 5.74) is 0. The molecule has 94 valence electrons. The Labute approximate surface area is 98.4 Å². The molecule has 4 atom stereocenters. The van der Waals surface area contributed by atoms with E-state index in [1.54, 1.807) is 0 Å². The summed E-state index contributed by atoms with van der Waals surface area (Å²) in [5, 5.41) is 0. The van der Waals surface area contributed by atoms with Crippen LogP contribution in [-0.4, -0.2) is 31.2 Å². The van der Waals surface area contributed by atoms with Crippen molar-refractivity contribution in [2.45, 2.75) is 77.0 Å². The quantitative estimate of drug-likeness (QED) is 0.743. The minimum atomic E-state index is 0.0183. The van der Waals surface area contributed by atoms with Gasteiger partial charge in [-0.25, -0.2) is 0 Å². The van der Waals surface area contributed by atoms with E-state index in [1.807, 2.05) is 0 Å². The van der Waals surface area contributed by atoms with Crippen LogP contribution in [0.25, 0.3) is 0 Å². The largest absolute Gasteiger partial charge is 0.373 e. The molecule has 0 aromatic rings. The van der Waals surface area contributed by atoms with Gasteiger partial charge < -0.3 is 14.2 Å². The molecule has 2 fully saturated rings. The Morgan fingerprint density at radius 1 is 1.19 bits per heavy atom. The molecular formula is C13H24O3. The highest BCUT2D eigenvalue weighted by molar-refractivity contribution is 4.78. The van der Waals surface area contributed by atoms with E-state index in [2.05, 4.69) is 13.8 Å². The third kappa shape index (κ3) is 3.19. The van der Waals surface area contributed by atoms with Crippen LogP contribution in [0.15, 0.2) is 0 Å². The summed E-state index contributed by atoms with van der Waals surface area (Å²) in [4.78, 5) is 0. The van der Waals surface area contributed by atoms with Gasteiger partial charge in [0.05, 0.1) is 18.3 Å². The lowest BCUT2D eigenvalue weighted by molar-refractivity contribution is -0.231. The fourth-order valence-corrected chi connectivity index (χ4v) is 2.57. The zero-order valence-corrected chi connectivity index (χ0v) is 10.5. The van der Waals surface area contributed by atoms with Crippen molar-refractivity contribution in [1.82, 2.24) is 0 Å². The number of hydrogen-bond acceptors (Lipinski definition) is 3. The Morgan fingerprint density at radius 2 is 2.06 bits per heavy atom. The van der Waals surface area contributed by atoms with Gasteiger partial charge in [-0.3, -0.25) is 0 Å². The van der Waals surface area contributed by atoms with Crippen LogP contribution in [0.4, 0.5) is 0 Å². The molecule has 3 nitrogen and oxygen atoms in total. The average Bonchev–Trinajstić information content (AvgIpc) is 2.33. The van der Waals surface area contributed by atoms with Crippen LogP contribution >= 0.6 is 0 Å². The van der Waals surface area contributed by atoms with Crippen molar-refractivity contribution >= 4 is 0 Å². The van der Waals surface area contributed by atoms with Crippen molar-refractivity contribution in [1.29, 1.82) is 0 Å². The zero-order valence-electron chi connectivity index (χ0n) is 10.5. The van der Waals surface area contributed by atoms with Crippen molar-refractivity contribution < 1.29 is 14.2 Å². The smallest absolute Gasteiger partial charge is 0.158 e. The van der Waals surface area contributed by atoms with E-state index >= 15 is 0 Å². The van der Waals surface area contributed by atoms with Crippen LogP contribution in [0.2, 0.25) is 0 Å². The molecule has 2 heterocycles. The lowest BCUT2D eigenvalue weighted by Gasteiger charge is -2.37. The van der Waals surface area contributed by atoms with Gasteiger partial charge >= 0.3 is 0 Å². The molecule has 0 amide bonds. The third-order valence-corrected chi connectivity index (χ3v) is 3.55. The SMILES string of the molecule is CCC1O[C@H](C)CCC1OC1CCCCO1. The van der Waals surface area contributed by atoms with Crippen molar-refractivity contribution in [3.05, 3.63) is 0 Å². The Kier molecular flexibility index (Phi) is 4.62. The van der Waals surface area contributed by atoms with Crippen LogP contribution in [0.5, 0.6) is 0 Å². The number of hydrogen-bond donors (Lipinski definition) is 0. The summed E-state index contributed by atoms with van der Waals surface area (Å²) < 4.78 is 17.6. The van der Waals surface area contributed by atoms with Crippen molar-refractivity contribution in [3.8, 4) is 0 Å². The van der Waals surface area contributed by atoms with Gasteiger partial charge in [0.2, 0.25) is 0 Å². The van der Waals surface area contributed by atoms with Gasteiger partial charge in [0.25, 0.3) is 0 Å². The molecule has 2 aliphatic rings. The molecule has 0 aliphatic carbocycles. The molecule has 2 aliphatic heterocycles. The van der Waals surface area contributed by atoms with Crippen LogP contribution in [0, 0.1) is 0 Å². The predicted octanol–water partition coefficient (Wildman–Crippen LogP) is 2.88. The van der Waals surface area contributed by atoms with Gasteiger partial charge in [0.1, 0.15) is 0 Å². The molecule has 3 heteroatoms. The molecular weight excluding hydrogens is 204 g/mol. The van der Waals surface area contributed by atoms with Crippen molar-refractivity contribution in [2.24, 2.45) is 0 Å². The van der Waals surface area contributed by atoms with Gasteiger partial charge in [0, 0.05) is 6.61 Å². The van der Waals surface area contributed by atoms with Gasteiger partial charge in [0.15, 0.2) is 6.29 Å². The topological polar surface area (TPSA) is 27.7 Å². The van der Waals surface area contributed by atoms with Gasteiger partial charge in [-0.2, -0.15) is 0 Å². The molecule has 2 rings (SSSR count). The third-order valence-electron chi connectivity index (χ3n) is 3.55. The van der Waals surface area contributed by atoms with E-state index in [4.69, 9.17) is 14.2 Å². The normalized spacial score (nSPS) is 40.9. The second kappa shape index (κ2) is 5.99. The summed E-state index contributed by atoms with van der Waals surface area (Å²) in [7, 11) is 0. The molecule has 2 saturated heterocycles. The monoisotopic (exact) mass is 228 g/mol. The predicted molar refractivity (Wildman–Crippen MR) is 62.3 cm³/mol. The van der Waals surface area contributed by atoms with Crippen LogP contribution in [0.1, 0.15) is 52.4 Å². The van der Waals surface area contributed by atoms with Gasteiger partial charge in [-0.1, -0.05) is 6.92 Å².